The Bertz CT molecular complexity index is 1990. The van der Waals surface area contributed by atoms with E-state index in [9.17, 15) is 0 Å². The van der Waals surface area contributed by atoms with Gasteiger partial charge in [0.2, 0.25) is 0 Å². The summed E-state index contributed by atoms with van der Waals surface area (Å²) in [4.78, 5) is 0. The van der Waals surface area contributed by atoms with E-state index in [2.05, 4.69) is 109 Å². The summed E-state index contributed by atoms with van der Waals surface area (Å²) in [6.07, 6.45) is 0. The van der Waals surface area contributed by atoms with Crippen LogP contribution < -0.4 is 0 Å². The lowest BCUT2D eigenvalue weighted by atomic mass is 10.00. The van der Waals surface area contributed by atoms with Crippen LogP contribution in [-0.2, 0) is 0 Å². The third-order valence-electron chi connectivity index (χ3n) is 7.33. The zero-order valence-electron chi connectivity index (χ0n) is 20.5. The normalized spacial score (nSPS) is 11.4. The zero-order valence-corrected chi connectivity index (χ0v) is 22.0. The molecule has 38 heavy (non-hydrogen) atoms. The van der Waals surface area contributed by atoms with Crippen LogP contribution in [0.5, 0.6) is 0 Å². The molecule has 0 aromatic heterocycles. The molecule has 0 aliphatic carbocycles. The van der Waals surface area contributed by atoms with Gasteiger partial charge in [0.05, 0.1) is 10.0 Å². The van der Waals surface area contributed by atoms with Gasteiger partial charge in [0, 0.05) is 21.5 Å². The molecular formula is C36H22Cl2. The Morgan fingerprint density at radius 2 is 0.553 bits per heavy atom. The first-order valence-electron chi connectivity index (χ1n) is 12.7. The summed E-state index contributed by atoms with van der Waals surface area (Å²) in [6.45, 7) is 0. The topological polar surface area (TPSA) is 0 Å². The summed E-state index contributed by atoms with van der Waals surface area (Å²) >= 11 is 13.1. The van der Waals surface area contributed by atoms with E-state index < -0.39 is 0 Å². The summed E-state index contributed by atoms with van der Waals surface area (Å²) in [5.74, 6) is 0. The molecule has 0 saturated carbocycles. The highest BCUT2D eigenvalue weighted by Crippen LogP contribution is 2.36. The molecule has 8 rings (SSSR count). The molecule has 0 unspecified atom stereocenters. The molecule has 0 atom stereocenters. The van der Waals surface area contributed by atoms with Crippen LogP contribution >= 0.6 is 23.2 Å². The molecule has 0 aliphatic heterocycles. The lowest BCUT2D eigenvalue weighted by Crippen LogP contribution is -1.80. The molecule has 2 heteroatoms. The molecule has 0 aliphatic rings. The van der Waals surface area contributed by atoms with Crippen molar-refractivity contribution in [1.29, 1.82) is 0 Å². The predicted octanol–water partition coefficient (Wildman–Crippen LogP) is 11.6. The molecule has 0 fully saturated rings. The first-order valence-corrected chi connectivity index (χ1v) is 13.4. The zero-order chi connectivity index (χ0) is 25.6. The van der Waals surface area contributed by atoms with Gasteiger partial charge in [0.1, 0.15) is 0 Å². The Morgan fingerprint density at radius 1 is 0.263 bits per heavy atom. The number of rotatable bonds is 0. The van der Waals surface area contributed by atoms with Gasteiger partial charge < -0.3 is 0 Å². The second-order valence-corrected chi connectivity index (χ2v) is 10.4. The molecule has 8 aromatic rings. The molecule has 0 bridgehead atoms. The van der Waals surface area contributed by atoms with Crippen LogP contribution in [-0.4, -0.2) is 0 Å². The van der Waals surface area contributed by atoms with Gasteiger partial charge in [0.15, 0.2) is 0 Å². The van der Waals surface area contributed by atoms with Gasteiger partial charge in [-0.3, -0.25) is 0 Å². The molecule has 180 valence electrons. The van der Waals surface area contributed by atoms with Crippen LogP contribution in [0.15, 0.2) is 133 Å². The van der Waals surface area contributed by atoms with E-state index in [0.717, 1.165) is 31.6 Å². The van der Waals surface area contributed by atoms with Gasteiger partial charge in [0.25, 0.3) is 0 Å². The Labute approximate surface area is 230 Å². The molecule has 0 spiro atoms. The van der Waals surface area contributed by atoms with E-state index in [1.807, 2.05) is 24.3 Å². The van der Waals surface area contributed by atoms with E-state index in [0.29, 0.717) is 0 Å². The number of fused-ring (bicyclic) bond motifs is 6. The molecular weight excluding hydrogens is 503 g/mol. The molecule has 8 aromatic carbocycles. The molecule has 0 nitrogen and oxygen atoms in total. The first-order chi connectivity index (χ1) is 18.7. The Morgan fingerprint density at radius 3 is 0.947 bits per heavy atom. The van der Waals surface area contributed by atoms with Crippen molar-refractivity contribution in [1.82, 2.24) is 0 Å². The van der Waals surface area contributed by atoms with Crippen molar-refractivity contribution >= 4 is 87.8 Å². The Kier molecular flexibility index (Phi) is 5.66. The van der Waals surface area contributed by atoms with Crippen molar-refractivity contribution in [3.8, 4) is 0 Å². The summed E-state index contributed by atoms with van der Waals surface area (Å²) in [5.41, 5.74) is 0. The lowest BCUT2D eigenvalue weighted by Gasteiger charge is -2.08. The van der Waals surface area contributed by atoms with Gasteiger partial charge >= 0.3 is 0 Å². The quantitative estimate of drug-likeness (QED) is 0.173. The lowest BCUT2D eigenvalue weighted by molar-refractivity contribution is 1.77. The van der Waals surface area contributed by atoms with Crippen molar-refractivity contribution in [2.45, 2.75) is 0 Å². The standard InChI is InChI=1S/2C18H11Cl/c2*19-18-16-8-4-3-7-14(16)10-15-9-12-5-1-2-6-13(12)11-17(15)18/h2*1-11H. The largest absolute Gasteiger partial charge is 0.0830 e. The van der Waals surface area contributed by atoms with E-state index in [4.69, 9.17) is 23.2 Å². The fraction of sp³-hybridized carbons (Fsp3) is 0. The molecule has 0 radical (unpaired) electrons. The summed E-state index contributed by atoms with van der Waals surface area (Å²) in [6, 6.07) is 46.5. The van der Waals surface area contributed by atoms with Crippen molar-refractivity contribution in [3.63, 3.8) is 0 Å². The maximum atomic E-state index is 6.57. The van der Waals surface area contributed by atoms with Crippen LogP contribution in [0, 0.1) is 0 Å². The summed E-state index contributed by atoms with van der Waals surface area (Å²) in [5, 5.41) is 15.9. The van der Waals surface area contributed by atoms with Crippen molar-refractivity contribution < 1.29 is 0 Å². The van der Waals surface area contributed by atoms with E-state index >= 15 is 0 Å². The highest BCUT2D eigenvalue weighted by Gasteiger charge is 2.08. The van der Waals surface area contributed by atoms with Crippen molar-refractivity contribution in [3.05, 3.63) is 144 Å². The maximum Gasteiger partial charge on any atom is 0.0562 e. The number of halogens is 2. The van der Waals surface area contributed by atoms with Gasteiger partial charge in [-0.05, 0) is 79.5 Å². The molecule has 0 heterocycles. The van der Waals surface area contributed by atoms with Gasteiger partial charge in [-0.1, -0.05) is 120 Å². The van der Waals surface area contributed by atoms with Crippen LogP contribution in [0.25, 0.3) is 64.6 Å². The Balaban J connectivity index is 0.000000127. The fourth-order valence-corrected chi connectivity index (χ4v) is 6.08. The highest BCUT2D eigenvalue weighted by molar-refractivity contribution is 6.41. The third-order valence-corrected chi connectivity index (χ3v) is 8.14. The van der Waals surface area contributed by atoms with E-state index in [1.54, 1.807) is 0 Å². The van der Waals surface area contributed by atoms with Crippen molar-refractivity contribution in [2.24, 2.45) is 0 Å². The van der Waals surface area contributed by atoms with Gasteiger partial charge in [-0.15, -0.1) is 0 Å². The van der Waals surface area contributed by atoms with Gasteiger partial charge in [-0.25, -0.2) is 0 Å². The molecule has 0 amide bonds. The number of hydrogen-bond donors (Lipinski definition) is 0. The van der Waals surface area contributed by atoms with Crippen LogP contribution in [0.1, 0.15) is 0 Å². The fourth-order valence-electron chi connectivity index (χ4n) is 5.41. The van der Waals surface area contributed by atoms with E-state index in [1.165, 1.54) is 43.1 Å². The minimum Gasteiger partial charge on any atom is -0.0830 e. The second-order valence-electron chi connectivity index (χ2n) is 9.66. The average molecular weight is 525 g/mol. The predicted molar refractivity (Wildman–Crippen MR) is 168 cm³/mol. The highest BCUT2D eigenvalue weighted by atomic mass is 35.5. The maximum absolute atomic E-state index is 6.57. The average Bonchev–Trinajstić information content (AvgIpc) is 2.96. The van der Waals surface area contributed by atoms with E-state index in [-0.39, 0.29) is 0 Å². The number of hydrogen-bond acceptors (Lipinski definition) is 0. The Hall–Kier alpha value is -4.10. The SMILES string of the molecule is Clc1c2ccccc2cc2cc3ccccc3cc12.Clc1c2ccccc2cc2cc3ccccc3cc12. The van der Waals surface area contributed by atoms with Crippen LogP contribution in [0.3, 0.4) is 0 Å². The second kappa shape index (κ2) is 9.33. The molecule has 0 saturated heterocycles. The summed E-state index contributed by atoms with van der Waals surface area (Å²) in [7, 11) is 0. The van der Waals surface area contributed by atoms with Crippen LogP contribution in [0.4, 0.5) is 0 Å². The monoisotopic (exact) mass is 524 g/mol. The van der Waals surface area contributed by atoms with Crippen molar-refractivity contribution in [2.75, 3.05) is 0 Å². The minimum absolute atomic E-state index is 0.846. The summed E-state index contributed by atoms with van der Waals surface area (Å²) < 4.78 is 0. The molecule has 0 N–H and O–H groups in total. The van der Waals surface area contributed by atoms with Crippen LogP contribution in [0.2, 0.25) is 10.0 Å². The van der Waals surface area contributed by atoms with Gasteiger partial charge in [-0.2, -0.15) is 0 Å². The first kappa shape index (κ1) is 23.0. The smallest absolute Gasteiger partial charge is 0.0562 e. The minimum atomic E-state index is 0.846. The number of benzene rings is 8. The third kappa shape index (κ3) is 3.94.